The molecular weight excluding hydrogens is 250 g/mol. The van der Waals surface area contributed by atoms with Gasteiger partial charge in [0, 0.05) is 23.9 Å². The van der Waals surface area contributed by atoms with Crippen molar-refractivity contribution in [2.24, 2.45) is 5.73 Å². The highest BCUT2D eigenvalue weighted by Crippen LogP contribution is 2.14. The van der Waals surface area contributed by atoms with Gasteiger partial charge in [0.15, 0.2) is 11.6 Å². The molecule has 0 radical (unpaired) electrons. The molecule has 2 rings (SSSR count). The van der Waals surface area contributed by atoms with Gasteiger partial charge in [0.1, 0.15) is 0 Å². The van der Waals surface area contributed by atoms with E-state index < -0.39 is 17.5 Å². The van der Waals surface area contributed by atoms with E-state index in [1.807, 2.05) is 0 Å². The SMILES string of the molecule is NCc1ccc(C(=O)Nc2ccc(F)c(F)c2)cc1. The van der Waals surface area contributed by atoms with Crippen LogP contribution in [0.25, 0.3) is 0 Å². The maximum Gasteiger partial charge on any atom is 0.255 e. The topological polar surface area (TPSA) is 55.1 Å². The van der Waals surface area contributed by atoms with Crippen molar-refractivity contribution in [1.82, 2.24) is 0 Å². The molecule has 0 aliphatic rings. The van der Waals surface area contributed by atoms with Gasteiger partial charge in [-0.15, -0.1) is 0 Å². The van der Waals surface area contributed by atoms with Crippen molar-refractivity contribution >= 4 is 11.6 Å². The van der Waals surface area contributed by atoms with Crippen molar-refractivity contribution in [3.8, 4) is 0 Å². The molecule has 0 atom stereocenters. The quantitative estimate of drug-likeness (QED) is 0.893. The van der Waals surface area contributed by atoms with Gasteiger partial charge in [0.25, 0.3) is 5.91 Å². The predicted molar refractivity (Wildman–Crippen MR) is 68.6 cm³/mol. The summed E-state index contributed by atoms with van der Waals surface area (Å²) in [7, 11) is 0. The molecular formula is C14H12F2N2O. The molecule has 0 fully saturated rings. The largest absolute Gasteiger partial charge is 0.326 e. The highest BCUT2D eigenvalue weighted by molar-refractivity contribution is 6.04. The van der Waals surface area contributed by atoms with Crippen molar-refractivity contribution < 1.29 is 13.6 Å². The summed E-state index contributed by atoms with van der Waals surface area (Å²) >= 11 is 0. The fourth-order valence-electron chi connectivity index (χ4n) is 1.57. The molecule has 1 amide bonds. The Balaban J connectivity index is 2.13. The van der Waals surface area contributed by atoms with Gasteiger partial charge in [-0.2, -0.15) is 0 Å². The number of anilines is 1. The zero-order valence-corrected chi connectivity index (χ0v) is 9.99. The zero-order valence-electron chi connectivity index (χ0n) is 9.99. The summed E-state index contributed by atoms with van der Waals surface area (Å²) in [6.45, 7) is 0.394. The third kappa shape index (κ3) is 3.14. The molecule has 3 nitrogen and oxygen atoms in total. The maximum absolute atomic E-state index is 13.0. The van der Waals surface area contributed by atoms with E-state index in [4.69, 9.17) is 5.73 Å². The third-order valence-corrected chi connectivity index (χ3v) is 2.63. The molecule has 0 saturated heterocycles. The van der Waals surface area contributed by atoms with Gasteiger partial charge in [0.2, 0.25) is 0 Å². The van der Waals surface area contributed by atoms with E-state index in [-0.39, 0.29) is 5.69 Å². The summed E-state index contributed by atoms with van der Waals surface area (Å²) in [6, 6.07) is 9.91. The van der Waals surface area contributed by atoms with Gasteiger partial charge in [-0.25, -0.2) is 8.78 Å². The van der Waals surface area contributed by atoms with Crippen LogP contribution in [0.15, 0.2) is 42.5 Å². The molecule has 0 heterocycles. The number of carbonyl (C=O) groups is 1. The lowest BCUT2D eigenvalue weighted by Gasteiger charge is -2.06. The predicted octanol–water partition coefficient (Wildman–Crippen LogP) is 2.68. The van der Waals surface area contributed by atoms with E-state index in [2.05, 4.69) is 5.32 Å². The van der Waals surface area contributed by atoms with Gasteiger partial charge in [0.05, 0.1) is 0 Å². The van der Waals surface area contributed by atoms with Gasteiger partial charge in [-0.1, -0.05) is 12.1 Å². The van der Waals surface area contributed by atoms with Gasteiger partial charge in [-0.3, -0.25) is 4.79 Å². The van der Waals surface area contributed by atoms with Gasteiger partial charge >= 0.3 is 0 Å². The molecule has 98 valence electrons. The Hall–Kier alpha value is -2.27. The Bertz CT molecular complexity index is 597. The second kappa shape index (κ2) is 5.58. The van der Waals surface area contributed by atoms with Gasteiger partial charge in [-0.05, 0) is 29.8 Å². The first kappa shape index (κ1) is 13.2. The van der Waals surface area contributed by atoms with Crippen molar-refractivity contribution in [2.45, 2.75) is 6.54 Å². The first-order chi connectivity index (χ1) is 9.10. The number of amides is 1. The van der Waals surface area contributed by atoms with Crippen LogP contribution in [-0.4, -0.2) is 5.91 Å². The smallest absolute Gasteiger partial charge is 0.255 e. The molecule has 0 bridgehead atoms. The van der Waals surface area contributed by atoms with Crippen molar-refractivity contribution in [3.05, 3.63) is 65.2 Å². The average molecular weight is 262 g/mol. The maximum atomic E-state index is 13.0. The van der Waals surface area contributed by atoms with Crippen LogP contribution < -0.4 is 11.1 Å². The Morgan fingerprint density at radius 3 is 2.32 bits per heavy atom. The van der Waals surface area contributed by atoms with Crippen LogP contribution in [0.3, 0.4) is 0 Å². The molecule has 2 aromatic carbocycles. The third-order valence-electron chi connectivity index (χ3n) is 2.63. The standard InChI is InChI=1S/C14H12F2N2O/c15-12-6-5-11(7-13(12)16)18-14(19)10-3-1-9(8-17)2-4-10/h1-7H,8,17H2,(H,18,19). The van der Waals surface area contributed by atoms with Gasteiger partial charge < -0.3 is 11.1 Å². The van der Waals surface area contributed by atoms with E-state index >= 15 is 0 Å². The number of nitrogens with one attached hydrogen (secondary N) is 1. The summed E-state index contributed by atoms with van der Waals surface area (Å²) in [4.78, 5) is 11.9. The van der Waals surface area contributed by atoms with Crippen molar-refractivity contribution in [1.29, 1.82) is 0 Å². The highest BCUT2D eigenvalue weighted by atomic mass is 19.2. The number of halogens is 2. The first-order valence-electron chi connectivity index (χ1n) is 5.65. The summed E-state index contributed by atoms with van der Waals surface area (Å²) < 4.78 is 25.7. The van der Waals surface area contributed by atoms with Crippen LogP contribution in [0.1, 0.15) is 15.9 Å². The number of hydrogen-bond acceptors (Lipinski definition) is 2. The molecule has 0 spiro atoms. The van der Waals surface area contributed by atoms with Crippen LogP contribution in [0.2, 0.25) is 0 Å². The summed E-state index contributed by atoms with van der Waals surface area (Å²) in [6.07, 6.45) is 0. The van der Waals surface area contributed by atoms with E-state index in [1.54, 1.807) is 24.3 Å². The second-order valence-corrected chi connectivity index (χ2v) is 3.98. The van der Waals surface area contributed by atoms with Crippen LogP contribution in [0.5, 0.6) is 0 Å². The first-order valence-corrected chi connectivity index (χ1v) is 5.65. The molecule has 0 aromatic heterocycles. The summed E-state index contributed by atoms with van der Waals surface area (Å²) in [5.41, 5.74) is 6.98. The van der Waals surface area contributed by atoms with Crippen molar-refractivity contribution in [3.63, 3.8) is 0 Å². The summed E-state index contributed by atoms with van der Waals surface area (Å²) in [5, 5.41) is 2.49. The fourth-order valence-corrected chi connectivity index (χ4v) is 1.57. The monoisotopic (exact) mass is 262 g/mol. The van der Waals surface area contributed by atoms with E-state index in [0.29, 0.717) is 12.1 Å². The lowest BCUT2D eigenvalue weighted by atomic mass is 10.1. The summed E-state index contributed by atoms with van der Waals surface area (Å²) in [5.74, 6) is -2.35. The molecule has 0 aliphatic carbocycles. The van der Waals surface area contributed by atoms with E-state index in [1.165, 1.54) is 6.07 Å². The molecule has 5 heteroatoms. The molecule has 2 aromatic rings. The average Bonchev–Trinajstić information content (AvgIpc) is 2.43. The Labute approximate surface area is 109 Å². The number of carbonyl (C=O) groups excluding carboxylic acids is 1. The Morgan fingerprint density at radius 2 is 1.74 bits per heavy atom. The lowest BCUT2D eigenvalue weighted by molar-refractivity contribution is 0.102. The second-order valence-electron chi connectivity index (χ2n) is 3.98. The van der Waals surface area contributed by atoms with Crippen molar-refractivity contribution in [2.75, 3.05) is 5.32 Å². The minimum absolute atomic E-state index is 0.201. The molecule has 0 unspecified atom stereocenters. The number of rotatable bonds is 3. The van der Waals surface area contributed by atoms with Crippen LogP contribution >= 0.6 is 0 Å². The van der Waals surface area contributed by atoms with Crippen LogP contribution in [0.4, 0.5) is 14.5 Å². The molecule has 19 heavy (non-hydrogen) atoms. The normalized spacial score (nSPS) is 10.3. The van der Waals surface area contributed by atoms with Crippen LogP contribution in [-0.2, 0) is 6.54 Å². The zero-order chi connectivity index (χ0) is 13.8. The van der Waals surface area contributed by atoms with Crippen LogP contribution in [0, 0.1) is 11.6 Å². The molecule has 0 aliphatic heterocycles. The van der Waals surface area contributed by atoms with E-state index in [9.17, 15) is 13.6 Å². The highest BCUT2D eigenvalue weighted by Gasteiger charge is 2.08. The fraction of sp³-hybridized carbons (Fsp3) is 0.0714. The minimum Gasteiger partial charge on any atom is -0.326 e. The number of hydrogen-bond donors (Lipinski definition) is 2. The molecule has 3 N–H and O–H groups in total. The van der Waals surface area contributed by atoms with E-state index in [0.717, 1.165) is 17.7 Å². The Morgan fingerprint density at radius 1 is 1.05 bits per heavy atom. The Kier molecular flexibility index (Phi) is 3.87. The minimum atomic E-state index is -1.00. The molecule has 0 saturated carbocycles. The lowest BCUT2D eigenvalue weighted by Crippen LogP contribution is -2.12. The number of benzene rings is 2. The number of nitrogens with two attached hydrogens (primary N) is 1.